The fraction of sp³-hybridized carbons (Fsp3) is 0.692. The second-order valence-corrected chi connectivity index (χ2v) is 5.05. The van der Waals surface area contributed by atoms with Gasteiger partial charge >= 0.3 is 0 Å². The van der Waals surface area contributed by atoms with Crippen LogP contribution in [0.15, 0.2) is 6.20 Å². The van der Waals surface area contributed by atoms with Gasteiger partial charge in [-0.25, -0.2) is 0 Å². The molecule has 0 aromatic carbocycles. The number of carbonyl (C=O) groups is 1. The molecule has 0 aliphatic heterocycles. The molecule has 5 heteroatoms. The highest BCUT2D eigenvalue weighted by Crippen LogP contribution is 2.26. The molecule has 1 aromatic rings. The number of rotatable bonds is 6. The molecule has 18 heavy (non-hydrogen) atoms. The maximum atomic E-state index is 12.6. The molecule has 0 radical (unpaired) electrons. The Bertz CT molecular complexity index is 410. The number of hydrogen-bond donors (Lipinski definition) is 1. The Morgan fingerprint density at radius 2 is 2.06 bits per heavy atom. The quantitative estimate of drug-likeness (QED) is 0.786. The lowest BCUT2D eigenvalue weighted by Crippen LogP contribution is -2.30. The Balaban J connectivity index is 3.21. The topological polar surface area (TPSA) is 70.1 Å². The van der Waals surface area contributed by atoms with E-state index in [1.165, 1.54) is 0 Å². The summed E-state index contributed by atoms with van der Waals surface area (Å²) in [6.07, 6.45) is 1.58. The van der Waals surface area contributed by atoms with Gasteiger partial charge in [-0.15, -0.1) is 0 Å². The summed E-state index contributed by atoms with van der Waals surface area (Å²) in [5.74, 6) is 0.527. The fourth-order valence-corrected chi connectivity index (χ4v) is 1.98. The molecule has 1 heterocycles. The monoisotopic (exact) mass is 253 g/mol. The van der Waals surface area contributed by atoms with E-state index >= 15 is 0 Å². The van der Waals surface area contributed by atoms with Gasteiger partial charge in [-0.3, -0.25) is 9.48 Å². The van der Waals surface area contributed by atoms with Crippen LogP contribution in [0.5, 0.6) is 5.75 Å². The first-order valence-electron chi connectivity index (χ1n) is 6.29. The largest absolute Gasteiger partial charge is 0.493 e. The standard InChI is InChI=1S/C13H23N3O2/c1-8(2)10(6-14)13(17)12-11(18-5)7-15-16(12)9(3)4/h7-10H,6,14H2,1-5H3. The molecule has 1 atom stereocenters. The number of aromatic nitrogens is 2. The highest BCUT2D eigenvalue weighted by Gasteiger charge is 2.29. The van der Waals surface area contributed by atoms with E-state index < -0.39 is 0 Å². The number of nitrogens with zero attached hydrogens (tertiary/aromatic N) is 2. The number of ether oxygens (including phenoxy) is 1. The Kier molecular flexibility index (Phi) is 4.90. The van der Waals surface area contributed by atoms with E-state index in [1.54, 1.807) is 18.0 Å². The average molecular weight is 253 g/mol. The number of ketones is 1. The first kappa shape index (κ1) is 14.7. The van der Waals surface area contributed by atoms with Gasteiger partial charge in [0.25, 0.3) is 0 Å². The van der Waals surface area contributed by atoms with Crippen LogP contribution in [0.4, 0.5) is 0 Å². The first-order chi connectivity index (χ1) is 8.43. The van der Waals surface area contributed by atoms with E-state index in [-0.39, 0.29) is 23.7 Å². The van der Waals surface area contributed by atoms with Crippen molar-refractivity contribution in [3.8, 4) is 5.75 Å². The van der Waals surface area contributed by atoms with Gasteiger partial charge in [0, 0.05) is 18.5 Å². The van der Waals surface area contributed by atoms with Crippen molar-refractivity contribution >= 4 is 5.78 Å². The molecule has 5 nitrogen and oxygen atoms in total. The molecule has 0 bridgehead atoms. The van der Waals surface area contributed by atoms with Crippen molar-refractivity contribution in [3.63, 3.8) is 0 Å². The lowest BCUT2D eigenvalue weighted by molar-refractivity contribution is 0.0875. The summed E-state index contributed by atoms with van der Waals surface area (Å²) >= 11 is 0. The molecule has 0 fully saturated rings. The Labute approximate surface area is 108 Å². The van der Waals surface area contributed by atoms with Crippen molar-refractivity contribution in [2.24, 2.45) is 17.6 Å². The van der Waals surface area contributed by atoms with Crippen LogP contribution < -0.4 is 10.5 Å². The molecule has 1 unspecified atom stereocenters. The molecule has 0 saturated carbocycles. The molecule has 0 saturated heterocycles. The van der Waals surface area contributed by atoms with E-state index in [0.29, 0.717) is 18.0 Å². The minimum atomic E-state index is -0.201. The molecular weight excluding hydrogens is 230 g/mol. The van der Waals surface area contributed by atoms with E-state index in [4.69, 9.17) is 10.5 Å². The van der Waals surface area contributed by atoms with Gasteiger partial charge in [-0.2, -0.15) is 5.10 Å². The van der Waals surface area contributed by atoms with Crippen LogP contribution in [-0.2, 0) is 0 Å². The third-order valence-electron chi connectivity index (χ3n) is 3.10. The number of carbonyl (C=O) groups excluding carboxylic acids is 1. The van der Waals surface area contributed by atoms with Crippen LogP contribution in [0.2, 0.25) is 0 Å². The van der Waals surface area contributed by atoms with Gasteiger partial charge in [0.15, 0.2) is 11.5 Å². The zero-order valence-electron chi connectivity index (χ0n) is 11.8. The molecule has 0 aliphatic carbocycles. The smallest absolute Gasteiger partial charge is 0.189 e. The Morgan fingerprint density at radius 3 is 2.44 bits per heavy atom. The predicted octanol–water partition coefficient (Wildman–Crippen LogP) is 1.89. The fourth-order valence-electron chi connectivity index (χ4n) is 1.98. The zero-order valence-corrected chi connectivity index (χ0v) is 11.8. The van der Waals surface area contributed by atoms with Crippen LogP contribution >= 0.6 is 0 Å². The number of hydrogen-bond acceptors (Lipinski definition) is 4. The zero-order chi connectivity index (χ0) is 13.9. The van der Waals surface area contributed by atoms with Gasteiger partial charge in [0.2, 0.25) is 0 Å². The van der Waals surface area contributed by atoms with E-state index in [1.807, 2.05) is 27.7 Å². The first-order valence-corrected chi connectivity index (χ1v) is 6.29. The molecule has 2 N–H and O–H groups in total. The average Bonchev–Trinajstić information content (AvgIpc) is 2.72. The molecule has 0 aliphatic rings. The third-order valence-corrected chi connectivity index (χ3v) is 3.10. The molecule has 0 amide bonds. The highest BCUT2D eigenvalue weighted by atomic mass is 16.5. The number of nitrogens with two attached hydrogens (primary N) is 1. The predicted molar refractivity (Wildman–Crippen MR) is 70.9 cm³/mol. The van der Waals surface area contributed by atoms with Crippen LogP contribution in [0.3, 0.4) is 0 Å². The summed E-state index contributed by atoms with van der Waals surface area (Å²) in [5.41, 5.74) is 6.23. The van der Waals surface area contributed by atoms with Crippen molar-refractivity contribution in [1.82, 2.24) is 9.78 Å². The van der Waals surface area contributed by atoms with Gasteiger partial charge < -0.3 is 10.5 Å². The van der Waals surface area contributed by atoms with Gasteiger partial charge in [-0.1, -0.05) is 13.8 Å². The SMILES string of the molecule is COc1cnn(C(C)C)c1C(=O)C(CN)C(C)C. The van der Waals surface area contributed by atoms with Crippen LogP contribution in [0, 0.1) is 11.8 Å². The van der Waals surface area contributed by atoms with Crippen LogP contribution in [0.25, 0.3) is 0 Å². The normalized spacial score (nSPS) is 13.1. The Morgan fingerprint density at radius 1 is 1.44 bits per heavy atom. The Hall–Kier alpha value is -1.36. The minimum Gasteiger partial charge on any atom is -0.493 e. The summed E-state index contributed by atoms with van der Waals surface area (Å²) < 4.78 is 6.93. The highest BCUT2D eigenvalue weighted by molar-refractivity contribution is 5.99. The number of methoxy groups -OCH3 is 1. The minimum absolute atomic E-state index is 0.00977. The molecule has 102 valence electrons. The van der Waals surface area contributed by atoms with Crippen molar-refractivity contribution in [2.75, 3.05) is 13.7 Å². The summed E-state index contributed by atoms with van der Waals surface area (Å²) in [7, 11) is 1.55. The molecule has 0 spiro atoms. The summed E-state index contributed by atoms with van der Waals surface area (Å²) in [6, 6.07) is 0.110. The van der Waals surface area contributed by atoms with Crippen LogP contribution in [0.1, 0.15) is 44.2 Å². The molecular formula is C13H23N3O2. The van der Waals surface area contributed by atoms with E-state index in [2.05, 4.69) is 5.10 Å². The molecule has 1 rings (SSSR count). The summed E-state index contributed by atoms with van der Waals surface area (Å²) in [6.45, 7) is 8.30. The van der Waals surface area contributed by atoms with Crippen LogP contribution in [-0.4, -0.2) is 29.2 Å². The number of Topliss-reactive ketones (excluding diaryl/α,β-unsaturated/α-hetero) is 1. The van der Waals surface area contributed by atoms with Crippen molar-refractivity contribution in [1.29, 1.82) is 0 Å². The maximum Gasteiger partial charge on any atom is 0.189 e. The van der Waals surface area contributed by atoms with E-state index in [9.17, 15) is 4.79 Å². The van der Waals surface area contributed by atoms with Crippen molar-refractivity contribution in [2.45, 2.75) is 33.7 Å². The van der Waals surface area contributed by atoms with Gasteiger partial charge in [-0.05, 0) is 19.8 Å². The molecule has 1 aromatic heterocycles. The maximum absolute atomic E-state index is 12.6. The van der Waals surface area contributed by atoms with Gasteiger partial charge in [0.1, 0.15) is 5.69 Å². The second-order valence-electron chi connectivity index (χ2n) is 5.05. The van der Waals surface area contributed by atoms with Gasteiger partial charge in [0.05, 0.1) is 13.3 Å². The second kappa shape index (κ2) is 6.00. The van der Waals surface area contributed by atoms with E-state index in [0.717, 1.165) is 0 Å². The van der Waals surface area contributed by atoms with Crippen molar-refractivity contribution < 1.29 is 9.53 Å². The summed E-state index contributed by atoms with van der Waals surface area (Å²) in [5, 5.41) is 4.21. The lowest BCUT2D eigenvalue weighted by Gasteiger charge is -2.19. The van der Waals surface area contributed by atoms with Crippen molar-refractivity contribution in [3.05, 3.63) is 11.9 Å². The lowest BCUT2D eigenvalue weighted by atomic mass is 9.90. The third kappa shape index (κ3) is 2.72. The summed E-state index contributed by atoms with van der Waals surface area (Å²) in [4.78, 5) is 12.6.